The Kier molecular flexibility index (Phi) is 3.87. The van der Waals surface area contributed by atoms with Gasteiger partial charge in [0.15, 0.2) is 11.6 Å². The minimum atomic E-state index is -0.367. The molecule has 0 aliphatic carbocycles. The van der Waals surface area contributed by atoms with Gasteiger partial charge in [-0.15, -0.1) is 5.10 Å². The lowest BCUT2D eigenvalue weighted by Gasteiger charge is -2.08. The van der Waals surface area contributed by atoms with Crippen molar-refractivity contribution in [3.8, 4) is 5.75 Å². The van der Waals surface area contributed by atoms with Crippen LogP contribution in [-0.2, 0) is 6.54 Å². The lowest BCUT2D eigenvalue weighted by atomic mass is 10.3. The van der Waals surface area contributed by atoms with Gasteiger partial charge >= 0.3 is 0 Å². The van der Waals surface area contributed by atoms with Gasteiger partial charge in [0.2, 0.25) is 0 Å². The van der Waals surface area contributed by atoms with Crippen molar-refractivity contribution in [2.45, 2.75) is 13.5 Å². The van der Waals surface area contributed by atoms with E-state index < -0.39 is 0 Å². The molecule has 0 bridgehead atoms. The first-order chi connectivity index (χ1) is 8.29. The van der Waals surface area contributed by atoms with Crippen molar-refractivity contribution in [1.82, 2.24) is 9.59 Å². The summed E-state index contributed by atoms with van der Waals surface area (Å²) >= 11 is 1.29. The van der Waals surface area contributed by atoms with Crippen LogP contribution in [0.3, 0.4) is 0 Å². The van der Waals surface area contributed by atoms with Crippen LogP contribution in [0.15, 0.2) is 23.6 Å². The van der Waals surface area contributed by atoms with E-state index in [2.05, 4.69) is 14.9 Å². The predicted octanol–water partition coefficient (Wildman–Crippen LogP) is 2.69. The fourth-order valence-electron chi connectivity index (χ4n) is 1.34. The van der Waals surface area contributed by atoms with Crippen molar-refractivity contribution in [2.24, 2.45) is 0 Å². The van der Waals surface area contributed by atoms with Crippen LogP contribution in [0.25, 0.3) is 0 Å². The summed E-state index contributed by atoms with van der Waals surface area (Å²) in [5.41, 5.74) is 1.53. The Bertz CT molecular complexity index is 476. The molecule has 0 spiro atoms. The highest BCUT2D eigenvalue weighted by Crippen LogP contribution is 2.21. The van der Waals surface area contributed by atoms with Gasteiger partial charge in [-0.25, -0.2) is 4.39 Å². The Labute approximate surface area is 103 Å². The van der Waals surface area contributed by atoms with Gasteiger partial charge in [-0.3, -0.25) is 0 Å². The molecule has 1 aromatic carbocycles. The maximum atomic E-state index is 13.5. The molecule has 17 heavy (non-hydrogen) atoms. The highest BCUT2D eigenvalue weighted by atomic mass is 32.1. The summed E-state index contributed by atoms with van der Waals surface area (Å²) in [6, 6.07) is 4.79. The van der Waals surface area contributed by atoms with Crippen molar-refractivity contribution < 1.29 is 9.13 Å². The Morgan fingerprint density at radius 2 is 2.35 bits per heavy atom. The fourth-order valence-corrected chi connectivity index (χ4v) is 1.79. The maximum absolute atomic E-state index is 13.5. The zero-order valence-electron chi connectivity index (χ0n) is 9.31. The Morgan fingerprint density at radius 3 is 3.00 bits per heavy atom. The first kappa shape index (κ1) is 11.8. The summed E-state index contributed by atoms with van der Waals surface area (Å²) in [6.07, 6.45) is 0. The number of nitrogens with one attached hydrogen (secondary N) is 1. The second-order valence-corrected chi connectivity index (χ2v) is 3.94. The zero-order chi connectivity index (χ0) is 12.1. The van der Waals surface area contributed by atoms with Gasteiger partial charge in [-0.2, -0.15) is 0 Å². The zero-order valence-corrected chi connectivity index (χ0v) is 10.1. The summed E-state index contributed by atoms with van der Waals surface area (Å²) < 4.78 is 22.4. The van der Waals surface area contributed by atoms with Crippen molar-refractivity contribution in [3.05, 3.63) is 35.1 Å². The number of rotatable bonds is 5. The summed E-state index contributed by atoms with van der Waals surface area (Å²) in [4.78, 5) is 0. The van der Waals surface area contributed by atoms with E-state index in [1.165, 1.54) is 17.6 Å². The topological polar surface area (TPSA) is 47.0 Å². The minimum Gasteiger partial charge on any atom is -0.491 e. The molecule has 1 aromatic heterocycles. The van der Waals surface area contributed by atoms with E-state index >= 15 is 0 Å². The summed E-state index contributed by atoms with van der Waals surface area (Å²) in [6.45, 7) is 2.80. The van der Waals surface area contributed by atoms with Crippen LogP contribution in [0.2, 0.25) is 0 Å². The van der Waals surface area contributed by atoms with Gasteiger partial charge in [-0.1, -0.05) is 4.49 Å². The smallest absolute Gasteiger partial charge is 0.167 e. The van der Waals surface area contributed by atoms with Crippen molar-refractivity contribution >= 4 is 17.2 Å². The highest BCUT2D eigenvalue weighted by molar-refractivity contribution is 7.03. The lowest BCUT2D eigenvalue weighted by molar-refractivity contribution is 0.321. The fraction of sp³-hybridized carbons (Fsp3) is 0.273. The molecule has 1 N–H and O–H groups in total. The molecule has 0 saturated heterocycles. The van der Waals surface area contributed by atoms with E-state index in [0.29, 0.717) is 18.8 Å². The van der Waals surface area contributed by atoms with Crippen molar-refractivity contribution in [2.75, 3.05) is 11.9 Å². The average molecular weight is 253 g/mol. The molecule has 0 unspecified atom stereocenters. The molecule has 2 rings (SSSR count). The average Bonchev–Trinajstić information content (AvgIpc) is 2.83. The molecule has 0 saturated carbocycles. The van der Waals surface area contributed by atoms with Crippen LogP contribution in [-0.4, -0.2) is 16.2 Å². The molecule has 0 atom stereocenters. The molecule has 90 valence electrons. The van der Waals surface area contributed by atoms with E-state index in [0.717, 1.165) is 5.69 Å². The van der Waals surface area contributed by atoms with Crippen LogP contribution in [0, 0.1) is 5.82 Å². The number of hydrogen-bond acceptors (Lipinski definition) is 5. The highest BCUT2D eigenvalue weighted by Gasteiger charge is 2.04. The van der Waals surface area contributed by atoms with Crippen molar-refractivity contribution in [1.29, 1.82) is 0 Å². The molecule has 1 heterocycles. The van der Waals surface area contributed by atoms with Gasteiger partial charge in [0, 0.05) is 17.1 Å². The van der Waals surface area contributed by atoms with Gasteiger partial charge in [0.25, 0.3) is 0 Å². The largest absolute Gasteiger partial charge is 0.491 e. The predicted molar refractivity (Wildman–Crippen MR) is 64.8 cm³/mol. The normalized spacial score (nSPS) is 10.2. The Hall–Kier alpha value is -1.69. The van der Waals surface area contributed by atoms with Gasteiger partial charge in [0.1, 0.15) is 0 Å². The van der Waals surface area contributed by atoms with Crippen LogP contribution in [0.1, 0.15) is 12.6 Å². The van der Waals surface area contributed by atoms with E-state index in [1.54, 1.807) is 12.1 Å². The maximum Gasteiger partial charge on any atom is 0.167 e. The molecular weight excluding hydrogens is 241 g/mol. The van der Waals surface area contributed by atoms with Gasteiger partial charge in [0.05, 0.1) is 18.8 Å². The lowest BCUT2D eigenvalue weighted by Crippen LogP contribution is -2.01. The Morgan fingerprint density at radius 1 is 1.47 bits per heavy atom. The van der Waals surface area contributed by atoms with Crippen LogP contribution >= 0.6 is 11.5 Å². The third kappa shape index (κ3) is 3.13. The summed E-state index contributed by atoms with van der Waals surface area (Å²) in [5, 5.41) is 8.80. The molecule has 2 aromatic rings. The number of benzene rings is 1. The second-order valence-electron chi connectivity index (χ2n) is 3.33. The first-order valence-electron chi connectivity index (χ1n) is 5.21. The number of ether oxygens (including phenoxy) is 1. The van der Waals surface area contributed by atoms with E-state index in [4.69, 9.17) is 4.74 Å². The molecule has 6 heteroatoms. The van der Waals surface area contributed by atoms with Gasteiger partial charge < -0.3 is 10.1 Å². The van der Waals surface area contributed by atoms with Crippen LogP contribution in [0.4, 0.5) is 10.1 Å². The van der Waals surface area contributed by atoms with E-state index in [-0.39, 0.29) is 11.6 Å². The molecule has 0 radical (unpaired) electrons. The first-order valence-corrected chi connectivity index (χ1v) is 6.05. The number of halogens is 1. The quantitative estimate of drug-likeness (QED) is 0.890. The number of aromatic nitrogens is 2. The summed E-state index contributed by atoms with van der Waals surface area (Å²) in [7, 11) is 0. The third-order valence-electron chi connectivity index (χ3n) is 2.11. The standard InChI is InChI=1S/C11H12FN3OS/c1-2-16-11-4-3-8(5-10(11)12)13-6-9-7-17-15-14-9/h3-5,7,13H,2,6H2,1H3. The molecule has 0 amide bonds. The minimum absolute atomic E-state index is 0.272. The number of nitrogens with zero attached hydrogens (tertiary/aromatic N) is 2. The molecule has 0 fully saturated rings. The van der Waals surface area contributed by atoms with Crippen molar-refractivity contribution in [3.63, 3.8) is 0 Å². The molecule has 0 aliphatic rings. The Balaban J connectivity index is 2.00. The van der Waals surface area contributed by atoms with Crippen LogP contribution < -0.4 is 10.1 Å². The van der Waals surface area contributed by atoms with E-state index in [9.17, 15) is 4.39 Å². The van der Waals surface area contributed by atoms with Crippen LogP contribution in [0.5, 0.6) is 5.75 Å². The summed E-state index contributed by atoms with van der Waals surface area (Å²) in [5.74, 6) is -0.0957. The van der Waals surface area contributed by atoms with E-state index in [1.807, 2.05) is 12.3 Å². The molecule has 0 aliphatic heterocycles. The van der Waals surface area contributed by atoms with Gasteiger partial charge in [-0.05, 0) is 30.6 Å². The molecular formula is C11H12FN3OS. The third-order valence-corrected chi connectivity index (χ3v) is 2.66. The number of hydrogen-bond donors (Lipinski definition) is 1. The monoisotopic (exact) mass is 253 g/mol. The SMILES string of the molecule is CCOc1ccc(NCc2csnn2)cc1F. The second kappa shape index (κ2) is 5.58. The number of anilines is 1. The molecule has 4 nitrogen and oxygen atoms in total.